The number of aromatic nitrogens is 3. The number of carbonyl (C=O) groups is 2. The Balaban J connectivity index is 0.000000414. The van der Waals surface area contributed by atoms with Crippen LogP contribution in [0.3, 0.4) is 0 Å². The van der Waals surface area contributed by atoms with Crippen molar-refractivity contribution in [2.45, 2.75) is 6.42 Å². The molecule has 3 heterocycles. The van der Waals surface area contributed by atoms with Crippen molar-refractivity contribution in [2.75, 3.05) is 51.6 Å². The Hall–Kier alpha value is -4.09. The minimum atomic E-state index is -1.26. The molecule has 2 aromatic heterocycles. The van der Waals surface area contributed by atoms with Crippen LogP contribution in [-0.4, -0.2) is 93.4 Å². The molecule has 0 saturated carbocycles. The van der Waals surface area contributed by atoms with Crippen LogP contribution in [0.5, 0.6) is 0 Å². The number of benzene rings is 1. The van der Waals surface area contributed by atoms with Crippen LogP contribution in [0.15, 0.2) is 60.9 Å². The van der Waals surface area contributed by atoms with E-state index >= 15 is 0 Å². The van der Waals surface area contributed by atoms with Gasteiger partial charge in [0.15, 0.2) is 0 Å². The number of hydrogen-bond acceptors (Lipinski definition) is 7. The summed E-state index contributed by atoms with van der Waals surface area (Å²) in [5.41, 5.74) is 3.77. The zero-order valence-electron chi connectivity index (χ0n) is 20.6. The second-order valence-corrected chi connectivity index (χ2v) is 8.53. The molecule has 1 aliphatic rings. The first-order valence-electron chi connectivity index (χ1n) is 11.9. The number of anilines is 1. The van der Waals surface area contributed by atoms with Gasteiger partial charge in [-0.2, -0.15) is 5.10 Å². The van der Waals surface area contributed by atoms with Gasteiger partial charge in [0.25, 0.3) is 0 Å². The number of carboxylic acid groups (broad SMARTS) is 2. The molecule has 0 aliphatic carbocycles. The maximum atomic E-state index is 13.2. The lowest BCUT2D eigenvalue weighted by molar-refractivity contribution is -0.134. The van der Waals surface area contributed by atoms with Crippen molar-refractivity contribution < 1.29 is 24.2 Å². The number of rotatable bonds is 9. The molecule has 1 fully saturated rings. The summed E-state index contributed by atoms with van der Waals surface area (Å²) in [6.07, 6.45) is 5.80. The van der Waals surface area contributed by atoms with Gasteiger partial charge in [0.2, 0.25) is 0 Å². The smallest absolute Gasteiger partial charge is 0.328 e. The number of hydrogen-bond donors (Lipinski definition) is 4. The van der Waals surface area contributed by atoms with Gasteiger partial charge < -0.3 is 25.3 Å². The first kappa shape index (κ1) is 27.5. The first-order valence-corrected chi connectivity index (χ1v) is 11.9. The number of carboxylic acids is 2. The largest absolute Gasteiger partial charge is 0.478 e. The van der Waals surface area contributed by atoms with Crippen LogP contribution in [0.25, 0.3) is 22.4 Å². The van der Waals surface area contributed by atoms with Gasteiger partial charge in [0.1, 0.15) is 11.6 Å². The number of aromatic amines is 1. The first-order chi connectivity index (χ1) is 17.8. The molecule has 10 nitrogen and oxygen atoms in total. The van der Waals surface area contributed by atoms with Gasteiger partial charge in [-0.25, -0.2) is 19.0 Å². The maximum Gasteiger partial charge on any atom is 0.328 e. The van der Waals surface area contributed by atoms with E-state index in [9.17, 15) is 14.0 Å². The summed E-state index contributed by atoms with van der Waals surface area (Å²) in [6.45, 7) is 6.60. The van der Waals surface area contributed by atoms with E-state index in [1.807, 2.05) is 12.1 Å². The maximum absolute atomic E-state index is 13.2. The van der Waals surface area contributed by atoms with Gasteiger partial charge in [-0.05, 0) is 62.0 Å². The summed E-state index contributed by atoms with van der Waals surface area (Å²) in [7, 11) is 2.18. The third kappa shape index (κ3) is 9.13. The lowest BCUT2D eigenvalue weighted by Gasteiger charge is -2.32. The molecule has 1 saturated heterocycles. The predicted molar refractivity (Wildman–Crippen MR) is 139 cm³/mol. The van der Waals surface area contributed by atoms with Gasteiger partial charge in [0.05, 0.1) is 11.9 Å². The zero-order chi connectivity index (χ0) is 26.6. The lowest BCUT2D eigenvalue weighted by Crippen LogP contribution is -2.44. The van der Waals surface area contributed by atoms with Crippen LogP contribution < -0.4 is 5.32 Å². The molecule has 0 bridgehead atoms. The van der Waals surface area contributed by atoms with E-state index in [1.54, 1.807) is 24.5 Å². The molecule has 0 atom stereocenters. The fraction of sp³-hybridized carbons (Fsp3) is 0.308. The Kier molecular flexibility index (Phi) is 10.3. The second-order valence-electron chi connectivity index (χ2n) is 8.53. The fourth-order valence-electron chi connectivity index (χ4n) is 3.77. The third-order valence-electron chi connectivity index (χ3n) is 5.76. The number of aliphatic carboxylic acids is 2. The van der Waals surface area contributed by atoms with E-state index in [4.69, 9.17) is 10.2 Å². The van der Waals surface area contributed by atoms with Crippen molar-refractivity contribution in [1.29, 1.82) is 0 Å². The number of likely N-dealkylation sites (N-methyl/N-ethyl adjacent to an activating group) is 1. The van der Waals surface area contributed by atoms with E-state index in [2.05, 4.69) is 37.3 Å². The molecule has 11 heteroatoms. The number of nitrogens with zero attached hydrogens (tertiary/aromatic N) is 4. The topological polar surface area (TPSA) is 135 Å². The monoisotopic (exact) mass is 510 g/mol. The highest BCUT2D eigenvalue weighted by atomic mass is 19.1. The molecule has 1 aliphatic heterocycles. The molecule has 4 N–H and O–H groups in total. The quantitative estimate of drug-likeness (QED) is 0.253. The van der Waals surface area contributed by atoms with E-state index in [0.29, 0.717) is 12.2 Å². The van der Waals surface area contributed by atoms with Crippen molar-refractivity contribution >= 4 is 17.8 Å². The summed E-state index contributed by atoms with van der Waals surface area (Å²) < 4.78 is 13.2. The predicted octanol–water partition coefficient (Wildman–Crippen LogP) is 3.04. The van der Waals surface area contributed by atoms with E-state index < -0.39 is 11.9 Å². The average Bonchev–Trinajstić information content (AvgIpc) is 3.38. The summed E-state index contributed by atoms with van der Waals surface area (Å²) in [5, 5.41) is 26.3. The summed E-state index contributed by atoms with van der Waals surface area (Å²) in [6, 6.07) is 10.4. The lowest BCUT2D eigenvalue weighted by atomic mass is 10.0. The van der Waals surface area contributed by atoms with Crippen molar-refractivity contribution in [3.63, 3.8) is 0 Å². The van der Waals surface area contributed by atoms with Gasteiger partial charge in [0, 0.05) is 62.2 Å². The zero-order valence-corrected chi connectivity index (χ0v) is 20.6. The van der Waals surface area contributed by atoms with Crippen LogP contribution in [0, 0.1) is 5.82 Å². The Morgan fingerprint density at radius 2 is 1.73 bits per heavy atom. The van der Waals surface area contributed by atoms with Crippen LogP contribution in [0.4, 0.5) is 10.2 Å². The number of halogens is 1. The average molecular weight is 511 g/mol. The number of pyridine rings is 1. The van der Waals surface area contributed by atoms with Crippen molar-refractivity contribution in [3.8, 4) is 22.4 Å². The van der Waals surface area contributed by atoms with E-state index in [-0.39, 0.29) is 5.82 Å². The van der Waals surface area contributed by atoms with Gasteiger partial charge in [-0.3, -0.25) is 5.10 Å². The standard InChI is InChI=1S/C22H27FN6.C4H4O4/c1-28-11-13-29(14-12-28)10-2-8-24-21-15-18(7-9-25-21)20-16-26-27-22(20)17-3-5-19(23)6-4-17;5-3(6)1-2-4(7)8/h3-7,9,15-16H,2,8,10-14H2,1H3,(H,24,25)(H,26,27);1-2H,(H,5,6)(H,7,8). The van der Waals surface area contributed by atoms with Crippen molar-refractivity contribution in [2.24, 2.45) is 0 Å². The van der Waals surface area contributed by atoms with Crippen LogP contribution >= 0.6 is 0 Å². The normalized spacial score (nSPS) is 14.2. The molecule has 3 aromatic rings. The fourth-order valence-corrected chi connectivity index (χ4v) is 3.77. The molecule has 37 heavy (non-hydrogen) atoms. The Morgan fingerprint density at radius 1 is 1.05 bits per heavy atom. The minimum absolute atomic E-state index is 0.248. The Bertz CT molecular complexity index is 1170. The van der Waals surface area contributed by atoms with Crippen LogP contribution in [0.1, 0.15) is 6.42 Å². The molecule has 0 amide bonds. The molecule has 1 aromatic carbocycles. The highest BCUT2D eigenvalue weighted by Crippen LogP contribution is 2.30. The van der Waals surface area contributed by atoms with Crippen LogP contribution in [-0.2, 0) is 9.59 Å². The highest BCUT2D eigenvalue weighted by Gasteiger charge is 2.13. The molecule has 4 rings (SSSR count). The van der Waals surface area contributed by atoms with Gasteiger partial charge >= 0.3 is 11.9 Å². The Morgan fingerprint density at radius 3 is 2.38 bits per heavy atom. The molecule has 0 unspecified atom stereocenters. The second kappa shape index (κ2) is 13.9. The summed E-state index contributed by atoms with van der Waals surface area (Å²) >= 11 is 0. The molecular formula is C26H31FN6O4. The molecule has 0 radical (unpaired) electrons. The highest BCUT2D eigenvalue weighted by molar-refractivity contribution is 5.89. The molecular weight excluding hydrogens is 479 g/mol. The van der Waals surface area contributed by atoms with E-state index in [0.717, 1.165) is 73.9 Å². The SMILES string of the molecule is CN1CCN(CCCNc2cc(-c3cn[nH]c3-c3ccc(F)cc3)ccn2)CC1.O=C(O)C=CC(=O)O. The third-order valence-corrected chi connectivity index (χ3v) is 5.76. The minimum Gasteiger partial charge on any atom is -0.478 e. The van der Waals surface area contributed by atoms with Crippen molar-refractivity contribution in [3.05, 3.63) is 66.8 Å². The van der Waals surface area contributed by atoms with Crippen LogP contribution in [0.2, 0.25) is 0 Å². The van der Waals surface area contributed by atoms with Crippen molar-refractivity contribution in [1.82, 2.24) is 25.0 Å². The van der Waals surface area contributed by atoms with Gasteiger partial charge in [-0.15, -0.1) is 0 Å². The molecule has 0 spiro atoms. The number of nitrogens with one attached hydrogen (secondary N) is 2. The molecule has 196 valence electrons. The number of H-pyrrole nitrogens is 1. The number of piperazine rings is 1. The summed E-state index contributed by atoms with van der Waals surface area (Å²) in [5.74, 6) is -1.91. The Labute approximate surface area is 214 Å². The van der Waals surface area contributed by atoms with E-state index in [1.165, 1.54) is 12.1 Å². The van der Waals surface area contributed by atoms with Gasteiger partial charge in [-0.1, -0.05) is 0 Å². The summed E-state index contributed by atoms with van der Waals surface area (Å²) in [4.78, 5) is 28.4.